The Hall–Kier alpha value is -3.30. The molecule has 0 aliphatic carbocycles. The average molecular weight is 370 g/mol. The van der Waals surface area contributed by atoms with Gasteiger partial charge in [0.15, 0.2) is 0 Å². The van der Waals surface area contributed by atoms with Crippen LogP contribution in [0, 0.1) is 11.3 Å². The van der Waals surface area contributed by atoms with Crippen LogP contribution < -0.4 is 10.6 Å². The van der Waals surface area contributed by atoms with E-state index in [1.807, 2.05) is 6.07 Å². The van der Waals surface area contributed by atoms with Gasteiger partial charge in [-0.15, -0.1) is 0 Å². The lowest BCUT2D eigenvalue weighted by atomic mass is 10.2. The number of hydrogen-bond acceptors (Lipinski definition) is 5. The molecule has 0 aliphatic heterocycles. The molecule has 0 saturated heterocycles. The average Bonchev–Trinajstić information content (AvgIpc) is 2.63. The summed E-state index contributed by atoms with van der Waals surface area (Å²) in [5.74, 6) is -0.974. The van der Waals surface area contributed by atoms with Crippen molar-refractivity contribution in [3.05, 3.63) is 70.9 Å². The Balaban J connectivity index is 2.03. The second kappa shape index (κ2) is 9.25. The summed E-state index contributed by atoms with van der Waals surface area (Å²) in [6.07, 6.45) is 1.29. The summed E-state index contributed by atoms with van der Waals surface area (Å²) in [6.45, 7) is 2.03. The van der Waals surface area contributed by atoms with E-state index in [0.717, 1.165) is 0 Å². The van der Waals surface area contributed by atoms with Crippen molar-refractivity contribution in [3.8, 4) is 6.07 Å². The third-order valence-electron chi connectivity index (χ3n) is 3.23. The van der Waals surface area contributed by atoms with E-state index in [2.05, 4.69) is 10.6 Å². The van der Waals surface area contributed by atoms with Gasteiger partial charge in [-0.1, -0.05) is 17.7 Å². The molecule has 0 unspecified atom stereocenters. The molecule has 0 spiro atoms. The second-order valence-electron chi connectivity index (χ2n) is 5.08. The topological polar surface area (TPSA) is 91.2 Å². The van der Waals surface area contributed by atoms with E-state index < -0.39 is 11.9 Å². The van der Waals surface area contributed by atoms with Crippen LogP contribution in [0.4, 0.5) is 11.4 Å². The molecular formula is C19H16ClN3O3. The van der Waals surface area contributed by atoms with Gasteiger partial charge in [0.2, 0.25) is 0 Å². The number of hydrogen-bond donors (Lipinski definition) is 2. The number of amides is 1. The molecule has 7 heteroatoms. The van der Waals surface area contributed by atoms with E-state index in [-0.39, 0.29) is 5.57 Å². The highest BCUT2D eigenvalue weighted by Crippen LogP contribution is 2.16. The van der Waals surface area contributed by atoms with E-state index in [1.165, 1.54) is 6.20 Å². The van der Waals surface area contributed by atoms with Gasteiger partial charge >= 0.3 is 5.97 Å². The first kappa shape index (κ1) is 19.0. The number of rotatable bonds is 6. The van der Waals surface area contributed by atoms with Gasteiger partial charge in [0.05, 0.1) is 12.2 Å². The van der Waals surface area contributed by atoms with Crippen LogP contribution in [0.1, 0.15) is 17.3 Å². The monoisotopic (exact) mass is 369 g/mol. The summed E-state index contributed by atoms with van der Waals surface area (Å²) in [6, 6.07) is 14.9. The normalized spacial score (nSPS) is 10.6. The van der Waals surface area contributed by atoms with Gasteiger partial charge in [-0.05, 0) is 49.4 Å². The van der Waals surface area contributed by atoms with Crippen molar-refractivity contribution in [1.29, 1.82) is 5.26 Å². The van der Waals surface area contributed by atoms with E-state index in [4.69, 9.17) is 16.3 Å². The minimum atomic E-state index is -0.564. The molecule has 0 bridgehead atoms. The van der Waals surface area contributed by atoms with Crippen molar-refractivity contribution < 1.29 is 14.3 Å². The fourth-order valence-corrected chi connectivity index (χ4v) is 2.18. The Bertz CT molecular complexity index is 870. The quantitative estimate of drug-likeness (QED) is 0.456. The minimum absolute atomic E-state index is 0.112. The van der Waals surface area contributed by atoms with Gasteiger partial charge in [0, 0.05) is 22.6 Å². The first-order chi connectivity index (χ1) is 12.5. The van der Waals surface area contributed by atoms with Crippen LogP contribution in [0.3, 0.4) is 0 Å². The first-order valence-corrected chi connectivity index (χ1v) is 8.12. The molecule has 0 saturated carbocycles. The van der Waals surface area contributed by atoms with E-state index in [0.29, 0.717) is 28.6 Å². The second-order valence-corrected chi connectivity index (χ2v) is 5.51. The zero-order valence-corrected chi connectivity index (χ0v) is 14.7. The number of anilines is 2. The lowest BCUT2D eigenvalue weighted by Gasteiger charge is -2.06. The summed E-state index contributed by atoms with van der Waals surface area (Å²) in [7, 11) is 0. The molecule has 0 aromatic heterocycles. The number of nitrogens with one attached hydrogen (secondary N) is 2. The minimum Gasteiger partial charge on any atom is -0.462 e. The Morgan fingerprint density at radius 2 is 1.92 bits per heavy atom. The van der Waals surface area contributed by atoms with Crippen LogP contribution in [-0.4, -0.2) is 18.5 Å². The predicted octanol–water partition coefficient (Wildman–Crippen LogP) is 3.97. The molecule has 6 nitrogen and oxygen atoms in total. The highest BCUT2D eigenvalue weighted by Gasteiger charge is 2.10. The number of esters is 1. The molecule has 132 valence electrons. The van der Waals surface area contributed by atoms with E-state index in [1.54, 1.807) is 55.5 Å². The van der Waals surface area contributed by atoms with E-state index >= 15 is 0 Å². The maximum absolute atomic E-state index is 12.1. The molecule has 0 heterocycles. The van der Waals surface area contributed by atoms with Crippen molar-refractivity contribution in [3.63, 3.8) is 0 Å². The molecule has 2 N–H and O–H groups in total. The number of carbonyl (C=O) groups is 2. The van der Waals surface area contributed by atoms with Crippen LogP contribution >= 0.6 is 11.6 Å². The zero-order valence-electron chi connectivity index (χ0n) is 14.0. The maximum Gasteiger partial charge on any atom is 0.338 e. The van der Waals surface area contributed by atoms with Crippen LogP contribution in [-0.2, 0) is 9.53 Å². The third-order valence-corrected chi connectivity index (χ3v) is 3.46. The molecule has 2 rings (SSSR count). The SMILES string of the molecule is CCOC(=O)c1ccc(N/C=C(/C#N)C(=O)Nc2cccc(Cl)c2)cc1. The largest absolute Gasteiger partial charge is 0.462 e. The van der Waals surface area contributed by atoms with Gasteiger partial charge in [0.25, 0.3) is 5.91 Å². The highest BCUT2D eigenvalue weighted by atomic mass is 35.5. The summed E-state index contributed by atoms with van der Waals surface area (Å²) in [5.41, 5.74) is 1.41. The Kier molecular flexibility index (Phi) is 6.77. The molecule has 0 aliphatic rings. The maximum atomic E-state index is 12.1. The molecule has 2 aromatic rings. The van der Waals surface area contributed by atoms with Crippen LogP contribution in [0.25, 0.3) is 0 Å². The molecule has 0 fully saturated rings. The number of nitrogens with zero attached hydrogens (tertiary/aromatic N) is 1. The number of ether oxygens (including phenoxy) is 1. The fourth-order valence-electron chi connectivity index (χ4n) is 1.99. The number of carbonyl (C=O) groups excluding carboxylic acids is 2. The van der Waals surface area contributed by atoms with Gasteiger partial charge < -0.3 is 15.4 Å². The lowest BCUT2D eigenvalue weighted by Crippen LogP contribution is -2.14. The van der Waals surface area contributed by atoms with Crippen LogP contribution in [0.2, 0.25) is 5.02 Å². The number of benzene rings is 2. The fraction of sp³-hybridized carbons (Fsp3) is 0.105. The smallest absolute Gasteiger partial charge is 0.338 e. The highest BCUT2D eigenvalue weighted by molar-refractivity contribution is 6.31. The van der Waals surface area contributed by atoms with Gasteiger partial charge in [-0.3, -0.25) is 4.79 Å². The summed E-state index contributed by atoms with van der Waals surface area (Å²) in [4.78, 5) is 23.7. The summed E-state index contributed by atoms with van der Waals surface area (Å²) in [5, 5.41) is 15.1. The Labute approximate surface area is 156 Å². The van der Waals surface area contributed by atoms with Crippen molar-refractivity contribution in [1.82, 2.24) is 0 Å². The molecule has 26 heavy (non-hydrogen) atoms. The standard InChI is InChI=1S/C19H16ClN3O3/c1-2-26-19(25)13-6-8-16(9-7-13)22-12-14(11-21)18(24)23-17-5-3-4-15(20)10-17/h3-10,12,22H,2H2,1H3,(H,23,24)/b14-12-. The number of nitriles is 1. The molecule has 2 aromatic carbocycles. The number of halogens is 1. The van der Waals surface area contributed by atoms with Crippen molar-refractivity contribution >= 4 is 34.9 Å². The Morgan fingerprint density at radius 3 is 2.54 bits per heavy atom. The van der Waals surface area contributed by atoms with Crippen molar-refractivity contribution in [2.45, 2.75) is 6.92 Å². The van der Waals surface area contributed by atoms with Gasteiger partial charge in [0.1, 0.15) is 11.6 Å². The zero-order chi connectivity index (χ0) is 18.9. The predicted molar refractivity (Wildman–Crippen MR) is 99.8 cm³/mol. The lowest BCUT2D eigenvalue weighted by molar-refractivity contribution is -0.112. The third kappa shape index (κ3) is 5.36. The molecule has 1 amide bonds. The van der Waals surface area contributed by atoms with Crippen molar-refractivity contribution in [2.24, 2.45) is 0 Å². The summed E-state index contributed by atoms with van der Waals surface area (Å²) >= 11 is 5.86. The van der Waals surface area contributed by atoms with Crippen LogP contribution in [0.15, 0.2) is 60.3 Å². The van der Waals surface area contributed by atoms with Crippen molar-refractivity contribution in [2.75, 3.05) is 17.2 Å². The molecular weight excluding hydrogens is 354 g/mol. The van der Waals surface area contributed by atoms with Gasteiger partial charge in [-0.2, -0.15) is 5.26 Å². The van der Waals surface area contributed by atoms with Crippen LogP contribution in [0.5, 0.6) is 0 Å². The van der Waals surface area contributed by atoms with E-state index in [9.17, 15) is 14.9 Å². The van der Waals surface area contributed by atoms with Gasteiger partial charge in [-0.25, -0.2) is 4.79 Å². The molecule has 0 atom stereocenters. The Morgan fingerprint density at radius 1 is 1.19 bits per heavy atom. The summed E-state index contributed by atoms with van der Waals surface area (Å²) < 4.78 is 4.90. The molecule has 0 radical (unpaired) electrons. The first-order valence-electron chi connectivity index (χ1n) is 7.74.